The van der Waals surface area contributed by atoms with E-state index in [1.807, 2.05) is 0 Å². The molecule has 0 aromatic carbocycles. The molecule has 1 aliphatic rings. The zero-order chi connectivity index (χ0) is 13.5. The van der Waals surface area contributed by atoms with Crippen LogP contribution in [0.2, 0.25) is 0 Å². The number of hydrogen-bond donors (Lipinski definition) is 1. The van der Waals surface area contributed by atoms with Gasteiger partial charge in [0.1, 0.15) is 0 Å². The lowest BCUT2D eigenvalue weighted by molar-refractivity contribution is 0.0790. The minimum Gasteiger partial charge on any atom is -0.316 e. The summed E-state index contributed by atoms with van der Waals surface area (Å²) in [4.78, 5) is 2.65. The Morgan fingerprint density at radius 3 is 2.50 bits per heavy atom. The van der Waals surface area contributed by atoms with Gasteiger partial charge in [0.15, 0.2) is 0 Å². The molecule has 18 heavy (non-hydrogen) atoms. The molecule has 1 rings (SSSR count). The fourth-order valence-electron chi connectivity index (χ4n) is 3.28. The highest BCUT2D eigenvalue weighted by Crippen LogP contribution is 2.29. The van der Waals surface area contributed by atoms with Crippen molar-refractivity contribution in [2.75, 3.05) is 20.1 Å². The lowest BCUT2D eigenvalue weighted by Gasteiger charge is -2.41. The van der Waals surface area contributed by atoms with Crippen LogP contribution < -0.4 is 5.32 Å². The van der Waals surface area contributed by atoms with E-state index in [9.17, 15) is 0 Å². The molecule has 1 fully saturated rings. The second-order valence-electron chi connectivity index (χ2n) is 6.42. The first kappa shape index (κ1) is 16.0. The van der Waals surface area contributed by atoms with Crippen molar-refractivity contribution in [1.82, 2.24) is 10.2 Å². The van der Waals surface area contributed by atoms with E-state index in [0.717, 1.165) is 31.0 Å². The lowest BCUT2D eigenvalue weighted by Crippen LogP contribution is -2.48. The molecular formula is C16H34N2. The maximum Gasteiger partial charge on any atom is 0.0121 e. The van der Waals surface area contributed by atoms with Crippen LogP contribution in [0.15, 0.2) is 0 Å². The molecule has 2 heteroatoms. The Bertz CT molecular complexity index is 217. The van der Waals surface area contributed by atoms with E-state index < -0.39 is 0 Å². The highest BCUT2D eigenvalue weighted by atomic mass is 15.2. The van der Waals surface area contributed by atoms with E-state index in [4.69, 9.17) is 0 Å². The van der Waals surface area contributed by atoms with Gasteiger partial charge in [-0.25, -0.2) is 0 Å². The van der Waals surface area contributed by atoms with Crippen LogP contribution >= 0.6 is 0 Å². The minimum absolute atomic E-state index is 0.680. The van der Waals surface area contributed by atoms with E-state index in [0.29, 0.717) is 6.04 Å². The van der Waals surface area contributed by atoms with Crippen molar-refractivity contribution in [1.29, 1.82) is 0 Å². The zero-order valence-corrected chi connectivity index (χ0v) is 13.2. The van der Waals surface area contributed by atoms with Crippen molar-refractivity contribution >= 4 is 0 Å². The summed E-state index contributed by atoms with van der Waals surface area (Å²) in [6.45, 7) is 11.8. The number of rotatable bonds is 7. The molecule has 0 saturated heterocycles. The summed E-state index contributed by atoms with van der Waals surface area (Å²) in [6.07, 6.45) is 6.92. The maximum atomic E-state index is 3.56. The second-order valence-corrected chi connectivity index (χ2v) is 6.42. The van der Waals surface area contributed by atoms with Crippen LogP contribution in [0.3, 0.4) is 0 Å². The first-order chi connectivity index (χ1) is 8.57. The topological polar surface area (TPSA) is 15.3 Å². The van der Waals surface area contributed by atoms with Crippen LogP contribution in [0.5, 0.6) is 0 Å². The largest absolute Gasteiger partial charge is 0.316 e. The Labute approximate surface area is 115 Å². The van der Waals surface area contributed by atoms with Gasteiger partial charge in [-0.2, -0.15) is 0 Å². The van der Waals surface area contributed by atoms with Gasteiger partial charge in [0.05, 0.1) is 0 Å². The van der Waals surface area contributed by atoms with E-state index in [2.05, 4.69) is 45.0 Å². The van der Waals surface area contributed by atoms with Crippen LogP contribution in [0.1, 0.15) is 59.8 Å². The molecule has 2 nitrogen and oxygen atoms in total. The van der Waals surface area contributed by atoms with Crippen molar-refractivity contribution < 1.29 is 0 Å². The lowest BCUT2D eigenvalue weighted by atomic mass is 9.83. The van der Waals surface area contributed by atoms with Crippen LogP contribution in [-0.4, -0.2) is 37.1 Å². The summed E-state index contributed by atoms with van der Waals surface area (Å²) in [7, 11) is 2.34. The van der Waals surface area contributed by atoms with E-state index in [-0.39, 0.29) is 0 Å². The average molecular weight is 254 g/mol. The molecule has 1 aliphatic carbocycles. The minimum atomic E-state index is 0.680. The Balaban J connectivity index is 2.40. The normalized spacial score (nSPS) is 28.3. The van der Waals surface area contributed by atoms with E-state index in [1.54, 1.807) is 0 Å². The van der Waals surface area contributed by atoms with Crippen LogP contribution in [0.4, 0.5) is 0 Å². The second kappa shape index (κ2) is 8.16. The fraction of sp³-hybridized carbons (Fsp3) is 1.00. The third-order valence-corrected chi connectivity index (χ3v) is 4.95. The number of nitrogens with zero attached hydrogens (tertiary/aromatic N) is 1. The van der Waals surface area contributed by atoms with Crippen molar-refractivity contribution in [2.24, 2.45) is 11.8 Å². The van der Waals surface area contributed by atoms with Crippen LogP contribution in [0.25, 0.3) is 0 Å². The molecule has 1 N–H and O–H groups in total. The Hall–Kier alpha value is -0.0800. The fourth-order valence-corrected chi connectivity index (χ4v) is 3.28. The molecule has 0 radical (unpaired) electrons. The van der Waals surface area contributed by atoms with Gasteiger partial charge in [0.25, 0.3) is 0 Å². The van der Waals surface area contributed by atoms with Gasteiger partial charge in [-0.15, -0.1) is 0 Å². The predicted octanol–water partition coefficient (Wildman–Crippen LogP) is 3.52. The third-order valence-electron chi connectivity index (χ3n) is 4.95. The molecule has 108 valence electrons. The molecule has 1 saturated carbocycles. The van der Waals surface area contributed by atoms with E-state index >= 15 is 0 Å². The standard InChI is InChI=1S/C16H34N2/c1-6-11-17-12-14(3)15(4)18(5)16-10-8-7-9-13(16)2/h13-17H,6-12H2,1-5H3. The van der Waals surface area contributed by atoms with Crippen molar-refractivity contribution in [2.45, 2.75) is 71.9 Å². The van der Waals surface area contributed by atoms with E-state index in [1.165, 1.54) is 32.1 Å². The van der Waals surface area contributed by atoms with Gasteiger partial charge < -0.3 is 10.2 Å². The Morgan fingerprint density at radius 1 is 1.22 bits per heavy atom. The summed E-state index contributed by atoms with van der Waals surface area (Å²) < 4.78 is 0. The summed E-state index contributed by atoms with van der Waals surface area (Å²) in [5.74, 6) is 1.61. The first-order valence-electron chi connectivity index (χ1n) is 8.00. The molecule has 0 bridgehead atoms. The van der Waals surface area contributed by atoms with Gasteiger partial charge in [-0.05, 0) is 58.2 Å². The quantitative estimate of drug-likeness (QED) is 0.699. The van der Waals surface area contributed by atoms with Crippen molar-refractivity contribution in [3.63, 3.8) is 0 Å². The van der Waals surface area contributed by atoms with Gasteiger partial charge >= 0.3 is 0 Å². The highest BCUT2D eigenvalue weighted by molar-refractivity contribution is 4.84. The van der Waals surface area contributed by atoms with Crippen molar-refractivity contribution in [3.05, 3.63) is 0 Å². The van der Waals surface area contributed by atoms with Gasteiger partial charge in [0.2, 0.25) is 0 Å². The van der Waals surface area contributed by atoms with Crippen LogP contribution in [-0.2, 0) is 0 Å². The molecule has 0 heterocycles. The van der Waals surface area contributed by atoms with Crippen molar-refractivity contribution in [3.8, 4) is 0 Å². The van der Waals surface area contributed by atoms with Gasteiger partial charge in [0, 0.05) is 12.1 Å². The van der Waals surface area contributed by atoms with Gasteiger partial charge in [-0.3, -0.25) is 0 Å². The summed E-state index contributed by atoms with van der Waals surface area (Å²) in [5, 5.41) is 3.56. The predicted molar refractivity (Wildman–Crippen MR) is 81.0 cm³/mol. The molecule has 4 atom stereocenters. The Morgan fingerprint density at radius 2 is 1.89 bits per heavy atom. The molecule has 0 aliphatic heterocycles. The highest BCUT2D eigenvalue weighted by Gasteiger charge is 2.29. The molecule has 0 aromatic rings. The zero-order valence-electron chi connectivity index (χ0n) is 13.2. The summed E-state index contributed by atoms with van der Waals surface area (Å²) in [5.41, 5.74) is 0. The third kappa shape index (κ3) is 4.55. The van der Waals surface area contributed by atoms with Gasteiger partial charge in [-0.1, -0.05) is 33.6 Å². The maximum absolute atomic E-state index is 3.56. The monoisotopic (exact) mass is 254 g/mol. The molecule has 4 unspecified atom stereocenters. The number of nitrogens with one attached hydrogen (secondary N) is 1. The molecule has 0 spiro atoms. The molecule has 0 amide bonds. The smallest absolute Gasteiger partial charge is 0.0121 e. The molecular weight excluding hydrogens is 220 g/mol. The molecule has 0 aromatic heterocycles. The summed E-state index contributed by atoms with van der Waals surface area (Å²) in [6, 6.07) is 1.49. The van der Waals surface area contributed by atoms with Crippen LogP contribution in [0, 0.1) is 11.8 Å². The first-order valence-corrected chi connectivity index (χ1v) is 8.00. The SMILES string of the molecule is CCCNCC(C)C(C)N(C)C1CCCCC1C. The number of hydrogen-bond acceptors (Lipinski definition) is 2. The Kier molecular flexibility index (Phi) is 7.25. The average Bonchev–Trinajstić information content (AvgIpc) is 2.38. The summed E-state index contributed by atoms with van der Waals surface area (Å²) >= 11 is 0.